The highest BCUT2D eigenvalue weighted by Gasteiger charge is 2.22. The van der Waals surface area contributed by atoms with Gasteiger partial charge in [-0.25, -0.2) is 9.97 Å². The van der Waals surface area contributed by atoms with Crippen molar-refractivity contribution in [2.24, 2.45) is 0 Å². The maximum atomic E-state index is 4.59. The van der Waals surface area contributed by atoms with Gasteiger partial charge in [0.2, 0.25) is 0 Å². The Hall–Kier alpha value is -2.05. The summed E-state index contributed by atoms with van der Waals surface area (Å²) in [5, 5.41) is 5.93. The average Bonchev–Trinajstić information content (AvgIpc) is 3.08. The Morgan fingerprint density at radius 1 is 1.19 bits per heavy atom. The van der Waals surface area contributed by atoms with Crippen molar-refractivity contribution in [1.29, 1.82) is 0 Å². The minimum absolute atomic E-state index is 0.610. The molecule has 142 valence electrons. The molecule has 1 saturated heterocycles. The molecule has 4 heterocycles. The van der Waals surface area contributed by atoms with E-state index >= 15 is 0 Å². The minimum Gasteiger partial charge on any atom is -0.355 e. The highest BCUT2D eigenvalue weighted by atomic mass is 32.1. The number of rotatable bonds is 6. The zero-order valence-electron chi connectivity index (χ0n) is 16.1. The molecule has 3 aromatic heterocycles. The molecule has 1 aliphatic heterocycles. The summed E-state index contributed by atoms with van der Waals surface area (Å²) in [6.07, 6.45) is 10.2. The van der Waals surface area contributed by atoms with E-state index in [0.29, 0.717) is 6.04 Å². The van der Waals surface area contributed by atoms with Crippen LogP contribution in [0.5, 0.6) is 0 Å². The molecule has 0 amide bonds. The third-order valence-electron chi connectivity index (χ3n) is 5.51. The molecule has 1 N–H and O–H groups in total. The predicted molar refractivity (Wildman–Crippen MR) is 113 cm³/mol. The second-order valence-corrected chi connectivity index (χ2v) is 8.29. The molecule has 3 aromatic rings. The van der Waals surface area contributed by atoms with E-state index in [2.05, 4.69) is 50.5 Å². The van der Waals surface area contributed by atoms with Crippen LogP contribution in [0.3, 0.4) is 0 Å². The first-order chi connectivity index (χ1) is 13.2. The summed E-state index contributed by atoms with van der Waals surface area (Å²) in [6.45, 7) is 7.48. The van der Waals surface area contributed by atoms with Crippen LogP contribution in [0.15, 0.2) is 30.2 Å². The van der Waals surface area contributed by atoms with Crippen LogP contribution < -0.4 is 10.2 Å². The number of nitrogens with one attached hydrogen (secondary N) is 1. The van der Waals surface area contributed by atoms with Crippen LogP contribution in [-0.4, -0.2) is 40.6 Å². The third-order valence-corrected chi connectivity index (χ3v) is 6.59. The Balaban J connectivity index is 1.26. The van der Waals surface area contributed by atoms with Gasteiger partial charge in [-0.15, -0.1) is 11.3 Å². The topological polar surface area (TPSA) is 53.9 Å². The summed E-state index contributed by atoms with van der Waals surface area (Å²) in [7, 11) is 0. The lowest BCUT2D eigenvalue weighted by Crippen LogP contribution is -2.43. The molecular weight excluding hydrogens is 354 g/mol. The number of hydrogen-bond donors (Lipinski definition) is 1. The predicted octanol–water partition coefficient (Wildman–Crippen LogP) is 3.89. The molecule has 4 rings (SSSR count). The van der Waals surface area contributed by atoms with Gasteiger partial charge < -0.3 is 10.2 Å². The van der Waals surface area contributed by atoms with Crippen molar-refractivity contribution in [1.82, 2.24) is 20.3 Å². The summed E-state index contributed by atoms with van der Waals surface area (Å²) in [5.74, 6) is 1.11. The molecule has 0 spiro atoms. The largest absolute Gasteiger partial charge is 0.355 e. The van der Waals surface area contributed by atoms with E-state index in [1.54, 1.807) is 17.7 Å². The van der Waals surface area contributed by atoms with Gasteiger partial charge in [0.25, 0.3) is 0 Å². The quantitative estimate of drug-likeness (QED) is 0.657. The van der Waals surface area contributed by atoms with Crippen molar-refractivity contribution in [3.05, 3.63) is 46.9 Å². The fourth-order valence-electron chi connectivity index (χ4n) is 3.82. The molecule has 0 aliphatic carbocycles. The Labute approximate surface area is 164 Å². The maximum Gasteiger partial charge on any atom is 0.150 e. The van der Waals surface area contributed by atoms with Crippen LogP contribution >= 0.6 is 11.3 Å². The van der Waals surface area contributed by atoms with Crippen LogP contribution in [0.4, 0.5) is 5.82 Å². The number of anilines is 1. The molecule has 0 aromatic carbocycles. The summed E-state index contributed by atoms with van der Waals surface area (Å²) >= 11 is 1.76. The van der Waals surface area contributed by atoms with Gasteiger partial charge in [-0.3, -0.25) is 4.98 Å². The van der Waals surface area contributed by atoms with E-state index in [4.69, 9.17) is 0 Å². The van der Waals surface area contributed by atoms with Crippen molar-refractivity contribution in [3.63, 3.8) is 0 Å². The Morgan fingerprint density at radius 3 is 2.85 bits per heavy atom. The lowest BCUT2D eigenvalue weighted by Gasteiger charge is -2.33. The molecule has 0 bridgehead atoms. The van der Waals surface area contributed by atoms with Gasteiger partial charge in [0.1, 0.15) is 12.1 Å². The molecule has 6 heteroatoms. The average molecular weight is 382 g/mol. The lowest BCUT2D eigenvalue weighted by atomic mass is 10.0. The molecule has 5 nitrogen and oxygen atoms in total. The maximum absolute atomic E-state index is 4.59. The first-order valence-electron chi connectivity index (χ1n) is 9.79. The van der Waals surface area contributed by atoms with Crippen LogP contribution in [-0.2, 0) is 6.42 Å². The van der Waals surface area contributed by atoms with E-state index in [0.717, 1.165) is 43.8 Å². The molecule has 0 atom stereocenters. The van der Waals surface area contributed by atoms with Crippen molar-refractivity contribution in [2.45, 2.75) is 45.6 Å². The zero-order chi connectivity index (χ0) is 18.6. The van der Waals surface area contributed by atoms with Crippen LogP contribution in [0.25, 0.3) is 10.2 Å². The number of nitrogens with zero attached hydrogens (tertiary/aromatic N) is 4. The SMILES string of the molecule is Cc1ccncc1CCCNC1CCN(c2ncnc3c(C)csc23)CC1. The summed E-state index contributed by atoms with van der Waals surface area (Å²) < 4.78 is 1.23. The molecule has 27 heavy (non-hydrogen) atoms. The Bertz CT molecular complexity index is 898. The zero-order valence-corrected chi connectivity index (χ0v) is 16.9. The summed E-state index contributed by atoms with van der Waals surface area (Å²) in [6, 6.07) is 2.70. The van der Waals surface area contributed by atoms with Crippen LogP contribution in [0, 0.1) is 13.8 Å². The highest BCUT2D eigenvalue weighted by molar-refractivity contribution is 7.18. The fourth-order valence-corrected chi connectivity index (χ4v) is 4.84. The Morgan fingerprint density at radius 2 is 2.04 bits per heavy atom. The normalized spacial score (nSPS) is 15.6. The number of aromatic nitrogens is 3. The van der Waals surface area contributed by atoms with E-state index in [9.17, 15) is 0 Å². The first-order valence-corrected chi connectivity index (χ1v) is 10.7. The lowest BCUT2D eigenvalue weighted by molar-refractivity contribution is 0.412. The summed E-state index contributed by atoms with van der Waals surface area (Å²) in [5.41, 5.74) is 5.07. The monoisotopic (exact) mass is 381 g/mol. The van der Waals surface area contributed by atoms with Gasteiger partial charge in [0.15, 0.2) is 0 Å². The number of fused-ring (bicyclic) bond motifs is 1. The van der Waals surface area contributed by atoms with Crippen molar-refractivity contribution >= 4 is 27.4 Å². The molecule has 1 fully saturated rings. The third kappa shape index (κ3) is 4.12. The minimum atomic E-state index is 0.610. The number of thiophene rings is 1. The van der Waals surface area contributed by atoms with Crippen molar-refractivity contribution < 1.29 is 0 Å². The van der Waals surface area contributed by atoms with Gasteiger partial charge in [0.05, 0.1) is 10.2 Å². The molecule has 0 unspecified atom stereocenters. The number of piperidine rings is 1. The number of pyridine rings is 1. The van der Waals surface area contributed by atoms with Crippen LogP contribution in [0.2, 0.25) is 0 Å². The molecule has 0 radical (unpaired) electrons. The second-order valence-electron chi connectivity index (χ2n) is 7.41. The van der Waals surface area contributed by atoms with Gasteiger partial charge in [-0.1, -0.05) is 0 Å². The second kappa shape index (κ2) is 8.31. The number of aryl methyl sites for hydroxylation is 3. The van der Waals surface area contributed by atoms with E-state index in [1.807, 2.05) is 12.4 Å². The van der Waals surface area contributed by atoms with Crippen molar-refractivity contribution in [3.8, 4) is 0 Å². The molecule has 0 saturated carbocycles. The van der Waals surface area contributed by atoms with Crippen molar-refractivity contribution in [2.75, 3.05) is 24.5 Å². The molecule has 1 aliphatic rings. The van der Waals surface area contributed by atoms with Crippen LogP contribution in [0.1, 0.15) is 36.0 Å². The first kappa shape index (κ1) is 18.3. The van der Waals surface area contributed by atoms with Gasteiger partial charge >= 0.3 is 0 Å². The van der Waals surface area contributed by atoms with E-state index in [1.165, 1.54) is 34.2 Å². The molecular formula is C21H27N5S. The van der Waals surface area contributed by atoms with Gasteiger partial charge in [0, 0.05) is 31.5 Å². The van der Waals surface area contributed by atoms with E-state index < -0.39 is 0 Å². The van der Waals surface area contributed by atoms with Gasteiger partial charge in [-0.2, -0.15) is 0 Å². The highest BCUT2D eigenvalue weighted by Crippen LogP contribution is 2.32. The smallest absolute Gasteiger partial charge is 0.150 e. The Kier molecular flexibility index (Phi) is 5.64. The standard InChI is InChI=1S/C21H27N5S/c1-15-5-9-22-12-17(15)4-3-8-23-18-6-10-26(11-7-18)21-20-19(24-14-25-21)16(2)13-27-20/h5,9,12-14,18,23H,3-4,6-8,10-11H2,1-2H3. The fraction of sp³-hybridized carbons (Fsp3) is 0.476. The van der Waals surface area contributed by atoms with Gasteiger partial charge in [-0.05, 0) is 74.2 Å². The van der Waals surface area contributed by atoms with E-state index in [-0.39, 0.29) is 0 Å². The summed E-state index contributed by atoms with van der Waals surface area (Å²) in [4.78, 5) is 15.7. The number of hydrogen-bond acceptors (Lipinski definition) is 6.